The third-order valence-electron chi connectivity index (χ3n) is 1.94. The van der Waals surface area contributed by atoms with Crippen molar-refractivity contribution in [2.75, 3.05) is 6.61 Å². The van der Waals surface area contributed by atoms with E-state index in [1.54, 1.807) is 6.92 Å². The number of aryl methyl sites for hydroxylation is 1. The molecule has 5 heteroatoms. The fourth-order valence-corrected chi connectivity index (χ4v) is 1.13. The normalized spacial score (nSPS) is 10.7. The summed E-state index contributed by atoms with van der Waals surface area (Å²) in [7, 11) is 0. The van der Waals surface area contributed by atoms with Gasteiger partial charge in [0.15, 0.2) is 5.82 Å². The van der Waals surface area contributed by atoms with Crippen LogP contribution in [-0.2, 0) is 16.0 Å². The maximum absolute atomic E-state index is 11.1. The molecule has 0 aliphatic rings. The number of carbonyl (C=O) groups excluding carboxylic acids is 1. The summed E-state index contributed by atoms with van der Waals surface area (Å²) in [5.41, 5.74) is 0. The molecule has 5 nitrogen and oxygen atoms in total. The van der Waals surface area contributed by atoms with Crippen molar-refractivity contribution in [2.24, 2.45) is 0 Å². The van der Waals surface area contributed by atoms with Crippen LogP contribution in [0.1, 0.15) is 44.8 Å². The lowest BCUT2D eigenvalue weighted by molar-refractivity contribution is -0.143. The zero-order chi connectivity index (χ0) is 11.3. The molecule has 0 radical (unpaired) electrons. The van der Waals surface area contributed by atoms with E-state index in [1.807, 2.05) is 13.8 Å². The van der Waals surface area contributed by atoms with Crippen LogP contribution in [-0.4, -0.2) is 27.8 Å². The van der Waals surface area contributed by atoms with Gasteiger partial charge in [0.1, 0.15) is 5.82 Å². The minimum atomic E-state index is -0.194. The first-order valence-corrected chi connectivity index (χ1v) is 5.20. The summed E-state index contributed by atoms with van der Waals surface area (Å²) >= 11 is 0. The largest absolute Gasteiger partial charge is 0.466 e. The highest BCUT2D eigenvalue weighted by molar-refractivity contribution is 5.69. The molecule has 84 valence electrons. The van der Waals surface area contributed by atoms with E-state index < -0.39 is 0 Å². The van der Waals surface area contributed by atoms with E-state index in [2.05, 4.69) is 15.2 Å². The number of aromatic amines is 1. The zero-order valence-electron chi connectivity index (χ0n) is 9.41. The minimum Gasteiger partial charge on any atom is -0.466 e. The highest BCUT2D eigenvalue weighted by Crippen LogP contribution is 2.08. The number of nitrogens with one attached hydrogen (secondary N) is 1. The first-order valence-electron chi connectivity index (χ1n) is 5.20. The Morgan fingerprint density at radius 2 is 2.27 bits per heavy atom. The summed E-state index contributed by atoms with van der Waals surface area (Å²) in [4.78, 5) is 15.3. The topological polar surface area (TPSA) is 67.9 Å². The minimum absolute atomic E-state index is 0.194. The molecule has 0 bridgehead atoms. The summed E-state index contributed by atoms with van der Waals surface area (Å²) in [6, 6.07) is 0. The molecule has 1 heterocycles. The van der Waals surface area contributed by atoms with Crippen LogP contribution in [0.2, 0.25) is 0 Å². The molecule has 0 unspecified atom stereocenters. The van der Waals surface area contributed by atoms with E-state index in [0.29, 0.717) is 25.4 Å². The van der Waals surface area contributed by atoms with E-state index in [4.69, 9.17) is 4.74 Å². The smallest absolute Gasteiger partial charge is 0.306 e. The lowest BCUT2D eigenvalue weighted by atomic mass is 10.2. The van der Waals surface area contributed by atoms with Gasteiger partial charge >= 0.3 is 5.97 Å². The molecule has 1 N–H and O–H groups in total. The molecule has 0 aliphatic carbocycles. The molecule has 1 rings (SSSR count). The SMILES string of the molecule is CCOC(=O)CCc1nc(C(C)C)n[nH]1. The van der Waals surface area contributed by atoms with Crippen LogP contribution in [0.25, 0.3) is 0 Å². The van der Waals surface area contributed by atoms with Crippen molar-refractivity contribution in [2.45, 2.75) is 39.5 Å². The predicted molar refractivity (Wildman–Crippen MR) is 55.4 cm³/mol. The van der Waals surface area contributed by atoms with Crippen LogP contribution in [0.3, 0.4) is 0 Å². The molecular weight excluding hydrogens is 194 g/mol. The van der Waals surface area contributed by atoms with Crippen LogP contribution in [0.4, 0.5) is 0 Å². The second-order valence-corrected chi connectivity index (χ2v) is 3.60. The van der Waals surface area contributed by atoms with E-state index in [-0.39, 0.29) is 5.97 Å². The highest BCUT2D eigenvalue weighted by atomic mass is 16.5. The Morgan fingerprint density at radius 3 is 2.80 bits per heavy atom. The number of carbonyl (C=O) groups is 1. The van der Waals surface area contributed by atoms with Crippen molar-refractivity contribution in [1.82, 2.24) is 15.2 Å². The van der Waals surface area contributed by atoms with E-state index in [9.17, 15) is 4.79 Å². The van der Waals surface area contributed by atoms with Gasteiger partial charge in [-0.15, -0.1) is 0 Å². The number of ether oxygens (including phenoxy) is 1. The van der Waals surface area contributed by atoms with Gasteiger partial charge in [-0.1, -0.05) is 13.8 Å². The Balaban J connectivity index is 2.41. The van der Waals surface area contributed by atoms with Gasteiger partial charge in [0, 0.05) is 12.3 Å². The molecule has 0 aliphatic heterocycles. The number of hydrogen-bond donors (Lipinski definition) is 1. The summed E-state index contributed by atoms with van der Waals surface area (Å²) < 4.78 is 4.82. The van der Waals surface area contributed by atoms with Crippen molar-refractivity contribution >= 4 is 5.97 Å². The Hall–Kier alpha value is -1.39. The molecule has 0 saturated heterocycles. The molecule has 15 heavy (non-hydrogen) atoms. The van der Waals surface area contributed by atoms with Crippen molar-refractivity contribution in [1.29, 1.82) is 0 Å². The van der Waals surface area contributed by atoms with Crippen molar-refractivity contribution in [3.63, 3.8) is 0 Å². The first-order chi connectivity index (χ1) is 7.13. The Bertz CT molecular complexity index is 320. The van der Waals surface area contributed by atoms with E-state index in [0.717, 1.165) is 11.6 Å². The van der Waals surface area contributed by atoms with Crippen molar-refractivity contribution in [3.8, 4) is 0 Å². The van der Waals surface area contributed by atoms with Crippen molar-refractivity contribution in [3.05, 3.63) is 11.6 Å². The third kappa shape index (κ3) is 3.69. The average Bonchev–Trinajstić information content (AvgIpc) is 2.63. The Kier molecular flexibility index (Phi) is 4.27. The number of rotatable bonds is 5. The van der Waals surface area contributed by atoms with Gasteiger partial charge in [-0.3, -0.25) is 9.89 Å². The molecule has 0 atom stereocenters. The lowest BCUT2D eigenvalue weighted by Gasteiger charge is -1.98. The van der Waals surface area contributed by atoms with Gasteiger partial charge in [-0.2, -0.15) is 5.10 Å². The van der Waals surface area contributed by atoms with Gasteiger partial charge in [-0.05, 0) is 6.92 Å². The van der Waals surface area contributed by atoms with Crippen LogP contribution < -0.4 is 0 Å². The summed E-state index contributed by atoms with van der Waals surface area (Å²) in [6.07, 6.45) is 0.902. The second kappa shape index (κ2) is 5.48. The van der Waals surface area contributed by atoms with Crippen molar-refractivity contribution < 1.29 is 9.53 Å². The molecular formula is C10H17N3O2. The third-order valence-corrected chi connectivity index (χ3v) is 1.94. The fraction of sp³-hybridized carbons (Fsp3) is 0.700. The maximum Gasteiger partial charge on any atom is 0.306 e. The summed E-state index contributed by atoms with van der Waals surface area (Å²) in [6.45, 7) is 6.27. The van der Waals surface area contributed by atoms with E-state index >= 15 is 0 Å². The van der Waals surface area contributed by atoms with Crippen LogP contribution in [0.5, 0.6) is 0 Å². The zero-order valence-corrected chi connectivity index (χ0v) is 9.41. The first kappa shape index (κ1) is 11.7. The number of hydrogen-bond acceptors (Lipinski definition) is 4. The molecule has 0 fully saturated rings. The fourth-order valence-electron chi connectivity index (χ4n) is 1.13. The number of H-pyrrole nitrogens is 1. The number of aromatic nitrogens is 3. The second-order valence-electron chi connectivity index (χ2n) is 3.60. The molecule has 1 aromatic heterocycles. The van der Waals surface area contributed by atoms with Gasteiger partial charge in [0.05, 0.1) is 13.0 Å². The molecule has 1 aromatic rings. The van der Waals surface area contributed by atoms with Crippen LogP contribution in [0.15, 0.2) is 0 Å². The van der Waals surface area contributed by atoms with Gasteiger partial charge in [0.2, 0.25) is 0 Å². The standard InChI is InChI=1S/C10H17N3O2/c1-4-15-9(14)6-5-8-11-10(7(2)3)13-12-8/h7H,4-6H2,1-3H3,(H,11,12,13). The molecule has 0 aromatic carbocycles. The molecule has 0 spiro atoms. The lowest BCUT2D eigenvalue weighted by Crippen LogP contribution is -2.05. The maximum atomic E-state index is 11.1. The summed E-state index contributed by atoms with van der Waals surface area (Å²) in [5.74, 6) is 1.64. The Morgan fingerprint density at radius 1 is 1.53 bits per heavy atom. The predicted octanol–water partition coefficient (Wildman–Crippen LogP) is 1.42. The molecule has 0 saturated carbocycles. The van der Waals surface area contributed by atoms with Gasteiger partial charge in [-0.25, -0.2) is 4.98 Å². The number of esters is 1. The molecule has 0 amide bonds. The Labute approximate surface area is 89.2 Å². The summed E-state index contributed by atoms with van der Waals surface area (Å²) in [5, 5.41) is 6.87. The van der Waals surface area contributed by atoms with Crippen LogP contribution >= 0.6 is 0 Å². The number of nitrogens with zero attached hydrogens (tertiary/aromatic N) is 2. The highest BCUT2D eigenvalue weighted by Gasteiger charge is 2.08. The average molecular weight is 211 g/mol. The quantitative estimate of drug-likeness (QED) is 0.748. The van der Waals surface area contributed by atoms with Gasteiger partial charge in [0.25, 0.3) is 0 Å². The van der Waals surface area contributed by atoms with E-state index in [1.165, 1.54) is 0 Å². The van der Waals surface area contributed by atoms with Crippen LogP contribution in [0, 0.1) is 0 Å². The van der Waals surface area contributed by atoms with Gasteiger partial charge < -0.3 is 4.74 Å². The monoisotopic (exact) mass is 211 g/mol.